The summed E-state index contributed by atoms with van der Waals surface area (Å²) in [4.78, 5) is 4.36. The molecule has 3 rings (SSSR count). The Morgan fingerprint density at radius 2 is 2.11 bits per heavy atom. The van der Waals surface area contributed by atoms with Crippen molar-refractivity contribution in [3.8, 4) is 0 Å². The van der Waals surface area contributed by atoms with Crippen molar-refractivity contribution in [2.24, 2.45) is 0 Å². The molecule has 3 heterocycles. The van der Waals surface area contributed by atoms with Crippen LogP contribution < -0.4 is 5.32 Å². The predicted molar refractivity (Wildman–Crippen MR) is 77.6 cm³/mol. The number of hydrogen-bond acceptors (Lipinski definition) is 3. The molecule has 5 heteroatoms. The maximum absolute atomic E-state index is 11.5. The second-order valence-electron chi connectivity index (χ2n) is 5.86. The molecule has 2 atom stereocenters. The van der Waals surface area contributed by atoms with Gasteiger partial charge in [-0.1, -0.05) is 0 Å². The average molecular weight is 281 g/mol. The van der Waals surface area contributed by atoms with Gasteiger partial charge in [-0.3, -0.25) is 4.21 Å². The zero-order valence-corrected chi connectivity index (χ0v) is 12.4. The Morgan fingerprint density at radius 1 is 1.32 bits per heavy atom. The van der Waals surface area contributed by atoms with Crippen LogP contribution in [0.4, 0.5) is 0 Å². The van der Waals surface area contributed by atoms with Gasteiger partial charge in [0.25, 0.3) is 0 Å². The normalized spacial score (nSPS) is 36.3. The minimum Gasteiger partial charge on any atom is -0.330 e. The smallest absolute Gasteiger partial charge is 0.0951 e. The summed E-state index contributed by atoms with van der Waals surface area (Å²) in [5, 5.41) is 3.69. The molecule has 0 amide bonds. The number of nitrogens with zero attached hydrogens (tertiary/aromatic N) is 2. The van der Waals surface area contributed by atoms with E-state index in [-0.39, 0.29) is 0 Å². The average Bonchev–Trinajstić information content (AvgIpc) is 2.89. The highest BCUT2D eigenvalue weighted by Gasteiger charge is 2.26. The molecule has 0 aliphatic carbocycles. The lowest BCUT2D eigenvalue weighted by Crippen LogP contribution is -2.36. The lowest BCUT2D eigenvalue weighted by atomic mass is 9.97. The molecule has 0 spiro atoms. The van der Waals surface area contributed by atoms with Crippen LogP contribution in [-0.2, 0) is 10.8 Å². The SMILES string of the molecule is CC1CCCC(c2cncn2C2CCS(=O)CC2)N1. The van der Waals surface area contributed by atoms with Crippen molar-refractivity contribution in [2.75, 3.05) is 11.5 Å². The molecule has 0 radical (unpaired) electrons. The van der Waals surface area contributed by atoms with Crippen LogP contribution in [0.15, 0.2) is 12.5 Å². The van der Waals surface area contributed by atoms with Crippen molar-refractivity contribution >= 4 is 10.8 Å². The van der Waals surface area contributed by atoms with Gasteiger partial charge in [0.05, 0.1) is 12.0 Å². The predicted octanol–water partition coefficient (Wildman–Crippen LogP) is 2.17. The van der Waals surface area contributed by atoms with Crippen LogP contribution in [0.25, 0.3) is 0 Å². The van der Waals surface area contributed by atoms with E-state index in [1.807, 2.05) is 12.5 Å². The Kier molecular flexibility index (Phi) is 4.03. The van der Waals surface area contributed by atoms with Gasteiger partial charge in [-0.25, -0.2) is 4.98 Å². The summed E-state index contributed by atoms with van der Waals surface area (Å²) in [6.07, 6.45) is 9.80. The van der Waals surface area contributed by atoms with E-state index in [9.17, 15) is 4.21 Å². The van der Waals surface area contributed by atoms with Gasteiger partial charge in [-0.05, 0) is 39.0 Å². The quantitative estimate of drug-likeness (QED) is 0.904. The topological polar surface area (TPSA) is 46.9 Å². The minimum absolute atomic E-state index is 0.443. The summed E-state index contributed by atoms with van der Waals surface area (Å²) >= 11 is 0. The second-order valence-corrected chi connectivity index (χ2v) is 7.55. The Hall–Kier alpha value is -0.680. The van der Waals surface area contributed by atoms with Crippen LogP contribution in [-0.4, -0.2) is 31.3 Å². The zero-order valence-electron chi connectivity index (χ0n) is 11.5. The summed E-state index contributed by atoms with van der Waals surface area (Å²) in [7, 11) is -0.589. The van der Waals surface area contributed by atoms with Gasteiger partial charge in [-0.15, -0.1) is 0 Å². The molecule has 0 saturated carbocycles. The Labute approximate surface area is 117 Å². The van der Waals surface area contributed by atoms with Gasteiger partial charge < -0.3 is 9.88 Å². The van der Waals surface area contributed by atoms with E-state index in [4.69, 9.17) is 0 Å². The van der Waals surface area contributed by atoms with Crippen LogP contribution in [0.5, 0.6) is 0 Å². The van der Waals surface area contributed by atoms with Crippen molar-refractivity contribution in [3.63, 3.8) is 0 Å². The molecule has 2 unspecified atom stereocenters. The third kappa shape index (κ3) is 2.92. The largest absolute Gasteiger partial charge is 0.330 e. The lowest BCUT2D eigenvalue weighted by Gasteiger charge is -2.32. The number of piperidine rings is 1. The van der Waals surface area contributed by atoms with E-state index in [0.717, 1.165) is 24.3 Å². The molecule has 1 aromatic rings. The first-order valence-electron chi connectivity index (χ1n) is 7.37. The van der Waals surface area contributed by atoms with Gasteiger partial charge in [-0.2, -0.15) is 0 Å². The minimum atomic E-state index is -0.589. The molecule has 19 heavy (non-hydrogen) atoms. The van der Waals surface area contributed by atoms with Crippen molar-refractivity contribution < 1.29 is 4.21 Å². The van der Waals surface area contributed by atoms with E-state index >= 15 is 0 Å². The molecule has 2 saturated heterocycles. The fourth-order valence-corrected chi connectivity index (χ4v) is 4.60. The van der Waals surface area contributed by atoms with Crippen molar-refractivity contribution in [1.82, 2.24) is 14.9 Å². The first-order valence-corrected chi connectivity index (χ1v) is 8.85. The van der Waals surface area contributed by atoms with E-state index < -0.39 is 10.8 Å². The summed E-state index contributed by atoms with van der Waals surface area (Å²) in [6.45, 7) is 2.26. The maximum Gasteiger partial charge on any atom is 0.0951 e. The van der Waals surface area contributed by atoms with Gasteiger partial charge in [0.15, 0.2) is 0 Å². The summed E-state index contributed by atoms with van der Waals surface area (Å²) < 4.78 is 13.8. The number of rotatable bonds is 2. The lowest BCUT2D eigenvalue weighted by molar-refractivity contribution is 0.319. The molecular weight excluding hydrogens is 258 g/mol. The molecule has 2 fully saturated rings. The van der Waals surface area contributed by atoms with Crippen molar-refractivity contribution in [3.05, 3.63) is 18.2 Å². The van der Waals surface area contributed by atoms with Crippen molar-refractivity contribution in [1.29, 1.82) is 0 Å². The molecule has 106 valence electrons. The van der Waals surface area contributed by atoms with Crippen LogP contribution in [0.3, 0.4) is 0 Å². The first kappa shape index (κ1) is 13.3. The summed E-state index contributed by atoms with van der Waals surface area (Å²) in [5.74, 6) is 1.69. The number of nitrogens with one attached hydrogen (secondary N) is 1. The van der Waals surface area contributed by atoms with Gasteiger partial charge in [0, 0.05) is 46.6 Å². The number of hydrogen-bond donors (Lipinski definition) is 1. The molecule has 1 aromatic heterocycles. The third-order valence-corrected chi connectivity index (χ3v) is 5.80. The van der Waals surface area contributed by atoms with Crippen LogP contribution in [0, 0.1) is 0 Å². The van der Waals surface area contributed by atoms with Gasteiger partial charge in [0.2, 0.25) is 0 Å². The fraction of sp³-hybridized carbons (Fsp3) is 0.786. The maximum atomic E-state index is 11.5. The van der Waals surface area contributed by atoms with Crippen molar-refractivity contribution in [2.45, 2.75) is 57.2 Å². The number of imidazole rings is 1. The molecule has 0 aromatic carbocycles. The summed E-state index contributed by atoms with van der Waals surface area (Å²) in [5.41, 5.74) is 1.32. The highest BCUT2D eigenvalue weighted by Crippen LogP contribution is 2.30. The Balaban J connectivity index is 1.76. The van der Waals surface area contributed by atoms with E-state index in [1.165, 1.54) is 25.0 Å². The highest BCUT2D eigenvalue weighted by atomic mass is 32.2. The zero-order chi connectivity index (χ0) is 13.2. The van der Waals surface area contributed by atoms with Crippen LogP contribution in [0.1, 0.15) is 56.8 Å². The molecule has 0 bridgehead atoms. The monoisotopic (exact) mass is 281 g/mol. The fourth-order valence-electron chi connectivity index (χ4n) is 3.32. The van der Waals surface area contributed by atoms with E-state index in [1.54, 1.807) is 0 Å². The van der Waals surface area contributed by atoms with Gasteiger partial charge in [0.1, 0.15) is 0 Å². The van der Waals surface area contributed by atoms with E-state index in [2.05, 4.69) is 21.8 Å². The molecule has 1 N–H and O–H groups in total. The standard InChI is InChI=1S/C14H23N3OS/c1-11-3-2-4-13(16-11)14-9-15-10-17(14)12-5-7-19(18)8-6-12/h9-13,16H,2-8H2,1H3. The number of aromatic nitrogens is 2. The molecular formula is C14H23N3OS. The second kappa shape index (κ2) is 5.75. The van der Waals surface area contributed by atoms with Crippen LogP contribution in [0.2, 0.25) is 0 Å². The van der Waals surface area contributed by atoms with Gasteiger partial charge >= 0.3 is 0 Å². The summed E-state index contributed by atoms with van der Waals surface area (Å²) in [6, 6.07) is 1.54. The molecule has 4 nitrogen and oxygen atoms in total. The Morgan fingerprint density at radius 3 is 2.84 bits per heavy atom. The van der Waals surface area contributed by atoms with E-state index in [0.29, 0.717) is 18.1 Å². The highest BCUT2D eigenvalue weighted by molar-refractivity contribution is 7.85. The third-order valence-electron chi connectivity index (χ3n) is 4.42. The first-order chi connectivity index (χ1) is 9.24. The van der Waals surface area contributed by atoms with Crippen LogP contribution >= 0.6 is 0 Å². The molecule has 2 aliphatic rings. The molecule has 2 aliphatic heterocycles. The Bertz CT molecular complexity index is 449.